The van der Waals surface area contributed by atoms with Crippen molar-refractivity contribution >= 4 is 0 Å². The molecular formula is C18H21F3N2O. The summed E-state index contributed by atoms with van der Waals surface area (Å²) in [6, 6.07) is 6.61. The third kappa shape index (κ3) is 3.48. The van der Waals surface area contributed by atoms with E-state index in [0.29, 0.717) is 17.3 Å². The van der Waals surface area contributed by atoms with E-state index in [-0.39, 0.29) is 5.56 Å². The second-order valence-corrected chi connectivity index (χ2v) is 6.50. The molecule has 3 nitrogen and oxygen atoms in total. The molecule has 1 heterocycles. The third-order valence-corrected chi connectivity index (χ3v) is 4.70. The van der Waals surface area contributed by atoms with Gasteiger partial charge in [-0.1, -0.05) is 31.4 Å². The number of aromatic nitrogens is 2. The fourth-order valence-corrected chi connectivity index (χ4v) is 3.41. The number of alkyl halides is 3. The largest absolute Gasteiger partial charge is 0.418 e. The molecule has 1 N–H and O–H groups in total. The lowest BCUT2D eigenvalue weighted by atomic mass is 9.83. The molecule has 1 atom stereocenters. The van der Waals surface area contributed by atoms with Gasteiger partial charge < -0.3 is 5.11 Å². The van der Waals surface area contributed by atoms with Gasteiger partial charge in [0.05, 0.1) is 11.4 Å². The predicted molar refractivity (Wildman–Crippen MR) is 85.1 cm³/mol. The Kier molecular flexibility index (Phi) is 4.67. The van der Waals surface area contributed by atoms with Gasteiger partial charge in [-0.25, -0.2) is 4.68 Å². The van der Waals surface area contributed by atoms with E-state index in [9.17, 15) is 18.3 Å². The fourth-order valence-electron chi connectivity index (χ4n) is 3.41. The molecule has 1 fully saturated rings. The molecule has 1 saturated carbocycles. The van der Waals surface area contributed by atoms with Gasteiger partial charge in [0.25, 0.3) is 0 Å². The number of benzene rings is 1. The summed E-state index contributed by atoms with van der Waals surface area (Å²) in [6.45, 7) is 1.78. The maximum atomic E-state index is 13.0. The number of aliphatic hydroxyl groups is 1. The molecule has 0 bridgehead atoms. The van der Waals surface area contributed by atoms with Crippen LogP contribution in [0.5, 0.6) is 0 Å². The molecule has 1 aliphatic carbocycles. The van der Waals surface area contributed by atoms with Crippen molar-refractivity contribution in [1.82, 2.24) is 9.78 Å². The van der Waals surface area contributed by atoms with Crippen LogP contribution in [0.2, 0.25) is 0 Å². The molecule has 1 aromatic carbocycles. The highest BCUT2D eigenvalue weighted by atomic mass is 19.4. The standard InChI is InChI=1S/C18H21F3N2O/c1-12-9-10-23(22-12)16-11-14(13-5-3-2-4-6-13)7-8-15(16)17(24)18(19,20)21/h7-11,13,17,24H,2-6H2,1H3/t17-/m1/s1. The molecule has 0 saturated heterocycles. The van der Waals surface area contributed by atoms with Crippen molar-refractivity contribution in [3.8, 4) is 5.69 Å². The lowest BCUT2D eigenvalue weighted by Gasteiger charge is -2.24. The third-order valence-electron chi connectivity index (χ3n) is 4.70. The molecule has 0 spiro atoms. The van der Waals surface area contributed by atoms with E-state index in [1.165, 1.54) is 17.2 Å². The van der Waals surface area contributed by atoms with Gasteiger partial charge in [0.2, 0.25) is 0 Å². The van der Waals surface area contributed by atoms with Gasteiger partial charge in [0.1, 0.15) is 0 Å². The Labute approximate surface area is 139 Å². The van der Waals surface area contributed by atoms with E-state index in [1.807, 2.05) is 0 Å². The summed E-state index contributed by atoms with van der Waals surface area (Å²) in [5.41, 5.74) is 1.88. The Morgan fingerprint density at radius 2 is 1.88 bits per heavy atom. The average Bonchev–Trinajstić information content (AvgIpc) is 3.00. The van der Waals surface area contributed by atoms with Crippen molar-refractivity contribution in [3.05, 3.63) is 47.3 Å². The topological polar surface area (TPSA) is 38.0 Å². The van der Waals surface area contributed by atoms with Crippen molar-refractivity contribution in [1.29, 1.82) is 0 Å². The highest BCUT2D eigenvalue weighted by Crippen LogP contribution is 2.38. The number of halogens is 3. The monoisotopic (exact) mass is 338 g/mol. The first-order valence-electron chi connectivity index (χ1n) is 8.27. The van der Waals surface area contributed by atoms with Crippen molar-refractivity contribution in [2.24, 2.45) is 0 Å². The summed E-state index contributed by atoms with van der Waals surface area (Å²) in [6.07, 6.45) is 0.0223. The van der Waals surface area contributed by atoms with E-state index in [0.717, 1.165) is 31.2 Å². The molecule has 24 heavy (non-hydrogen) atoms. The molecule has 0 unspecified atom stereocenters. The van der Waals surface area contributed by atoms with Gasteiger partial charge in [-0.2, -0.15) is 18.3 Å². The minimum absolute atomic E-state index is 0.162. The summed E-state index contributed by atoms with van der Waals surface area (Å²) >= 11 is 0. The first kappa shape index (κ1) is 17.0. The number of aryl methyl sites for hydroxylation is 1. The summed E-state index contributed by atoms with van der Waals surface area (Å²) in [5, 5.41) is 14.0. The number of nitrogens with zero attached hydrogens (tertiary/aromatic N) is 2. The van der Waals surface area contributed by atoms with Crippen LogP contribution in [0.3, 0.4) is 0 Å². The summed E-state index contributed by atoms with van der Waals surface area (Å²) in [7, 11) is 0. The van der Waals surface area contributed by atoms with E-state index in [1.54, 1.807) is 31.3 Å². The fraction of sp³-hybridized carbons (Fsp3) is 0.500. The van der Waals surface area contributed by atoms with Crippen LogP contribution in [-0.4, -0.2) is 21.1 Å². The number of aliphatic hydroxyl groups excluding tert-OH is 1. The Hall–Kier alpha value is -1.82. The maximum absolute atomic E-state index is 13.0. The minimum Gasteiger partial charge on any atom is -0.379 e. The quantitative estimate of drug-likeness (QED) is 0.871. The van der Waals surface area contributed by atoms with E-state index < -0.39 is 12.3 Å². The van der Waals surface area contributed by atoms with Crippen LogP contribution in [0.25, 0.3) is 5.69 Å². The first-order valence-corrected chi connectivity index (χ1v) is 8.27. The minimum atomic E-state index is -4.71. The summed E-state index contributed by atoms with van der Waals surface area (Å²) < 4.78 is 40.5. The van der Waals surface area contributed by atoms with Crippen LogP contribution < -0.4 is 0 Å². The van der Waals surface area contributed by atoms with Gasteiger partial charge >= 0.3 is 6.18 Å². The van der Waals surface area contributed by atoms with E-state index in [4.69, 9.17) is 0 Å². The van der Waals surface area contributed by atoms with Crippen LogP contribution in [0, 0.1) is 6.92 Å². The molecular weight excluding hydrogens is 317 g/mol. The van der Waals surface area contributed by atoms with E-state index in [2.05, 4.69) is 5.10 Å². The van der Waals surface area contributed by atoms with Crippen LogP contribution in [0.4, 0.5) is 13.2 Å². The first-order chi connectivity index (χ1) is 11.4. The second-order valence-electron chi connectivity index (χ2n) is 6.50. The lowest BCUT2D eigenvalue weighted by Crippen LogP contribution is -2.22. The molecule has 1 aliphatic rings. The van der Waals surface area contributed by atoms with Crippen molar-refractivity contribution in [3.63, 3.8) is 0 Å². The lowest BCUT2D eigenvalue weighted by molar-refractivity contribution is -0.206. The van der Waals surface area contributed by atoms with Crippen molar-refractivity contribution in [2.45, 2.75) is 57.2 Å². The van der Waals surface area contributed by atoms with Crippen molar-refractivity contribution < 1.29 is 18.3 Å². The summed E-state index contributed by atoms with van der Waals surface area (Å²) in [4.78, 5) is 0. The molecule has 2 aromatic rings. The van der Waals surface area contributed by atoms with Crippen LogP contribution in [0.15, 0.2) is 30.5 Å². The average molecular weight is 338 g/mol. The molecule has 3 rings (SSSR count). The number of rotatable bonds is 3. The maximum Gasteiger partial charge on any atom is 0.418 e. The molecule has 1 aromatic heterocycles. The SMILES string of the molecule is Cc1ccn(-c2cc(C3CCCCC3)ccc2[C@@H](O)C(F)(F)F)n1. The van der Waals surface area contributed by atoms with Gasteiger partial charge in [-0.3, -0.25) is 0 Å². The van der Waals surface area contributed by atoms with E-state index >= 15 is 0 Å². The highest BCUT2D eigenvalue weighted by molar-refractivity contribution is 5.46. The predicted octanol–water partition coefficient (Wildman–Crippen LogP) is 4.82. The Morgan fingerprint density at radius 1 is 1.17 bits per heavy atom. The van der Waals surface area contributed by atoms with Gasteiger partial charge in [-0.05, 0) is 43.4 Å². The highest BCUT2D eigenvalue weighted by Gasteiger charge is 2.41. The Balaban J connectivity index is 2.05. The van der Waals surface area contributed by atoms with Crippen LogP contribution in [-0.2, 0) is 0 Å². The van der Waals surface area contributed by atoms with Crippen LogP contribution in [0.1, 0.15) is 60.9 Å². The number of hydrogen-bond acceptors (Lipinski definition) is 2. The molecule has 6 heteroatoms. The number of hydrogen-bond donors (Lipinski definition) is 1. The van der Waals surface area contributed by atoms with Gasteiger partial charge in [-0.15, -0.1) is 0 Å². The second kappa shape index (κ2) is 6.59. The molecule has 130 valence electrons. The zero-order valence-electron chi connectivity index (χ0n) is 13.6. The zero-order chi connectivity index (χ0) is 17.3. The smallest absolute Gasteiger partial charge is 0.379 e. The summed E-state index contributed by atoms with van der Waals surface area (Å²) in [5.74, 6) is 0.367. The Morgan fingerprint density at radius 3 is 2.46 bits per heavy atom. The normalized spacial score (nSPS) is 17.9. The molecule has 0 aliphatic heterocycles. The molecule has 0 amide bonds. The van der Waals surface area contributed by atoms with Crippen LogP contribution >= 0.6 is 0 Å². The van der Waals surface area contributed by atoms with Gasteiger partial charge in [0, 0.05) is 11.8 Å². The zero-order valence-corrected chi connectivity index (χ0v) is 13.6. The Bertz CT molecular complexity index is 703. The van der Waals surface area contributed by atoms with Gasteiger partial charge in [0.15, 0.2) is 6.10 Å². The molecule has 0 radical (unpaired) electrons. The van der Waals surface area contributed by atoms with Crippen molar-refractivity contribution in [2.75, 3.05) is 0 Å².